The van der Waals surface area contributed by atoms with E-state index in [4.69, 9.17) is 11.1 Å². The van der Waals surface area contributed by atoms with Crippen molar-refractivity contribution in [2.75, 3.05) is 5.73 Å². The first kappa shape index (κ1) is 9.73. The summed E-state index contributed by atoms with van der Waals surface area (Å²) in [6.45, 7) is 0.334. The van der Waals surface area contributed by atoms with Crippen LogP contribution >= 0.6 is 0 Å². The van der Waals surface area contributed by atoms with Gasteiger partial charge in [0.15, 0.2) is 0 Å². The fourth-order valence-electron chi connectivity index (χ4n) is 0.705. The van der Waals surface area contributed by atoms with Crippen LogP contribution in [0.2, 0.25) is 0 Å². The van der Waals surface area contributed by atoms with Crippen LogP contribution in [0.15, 0.2) is 24.3 Å². The molecule has 0 spiro atoms. The van der Waals surface area contributed by atoms with Gasteiger partial charge in [-0.3, -0.25) is 0 Å². The Balaban J connectivity index is 0.000001000. The van der Waals surface area contributed by atoms with E-state index in [2.05, 4.69) is 4.98 Å². The van der Waals surface area contributed by atoms with Crippen LogP contribution < -0.4 is 18.1 Å². The summed E-state index contributed by atoms with van der Waals surface area (Å²) in [5.41, 5.74) is 7.11. The molecule has 0 aliphatic rings. The third-order valence-corrected chi connectivity index (χ3v) is 1.23. The summed E-state index contributed by atoms with van der Waals surface area (Å²) in [4.78, 5) is 2.99. The average Bonchev–Trinajstić information content (AvgIpc) is 1.95. The molecule has 0 fully saturated rings. The molecule has 0 amide bonds. The molecule has 0 saturated carbocycles. The minimum Gasteiger partial charge on any atom is -1.00 e. The van der Waals surface area contributed by atoms with Crippen molar-refractivity contribution in [1.29, 1.82) is 5.39 Å². The number of anilines is 1. The number of rotatable bonds is 1. The molecule has 0 bridgehead atoms. The van der Waals surface area contributed by atoms with Crippen LogP contribution in [0.5, 0.6) is 0 Å². The van der Waals surface area contributed by atoms with Crippen molar-refractivity contribution >= 4 is 5.69 Å². The summed E-state index contributed by atoms with van der Waals surface area (Å²) in [6, 6.07) is 7.21. The number of nitrogens with two attached hydrogens (primary N) is 1. The lowest BCUT2D eigenvalue weighted by Gasteiger charge is -1.89. The molecule has 0 heterocycles. The highest BCUT2D eigenvalue weighted by Gasteiger charge is 1.97. The van der Waals surface area contributed by atoms with Crippen molar-refractivity contribution in [2.24, 2.45) is 0 Å². The standard InChI is InChI=1S/C7H8N3.ClH/c8-7-3-1-6(2-4-7)5-10-9;/h1-4H,5,8H2;1H/q+1;/p-1. The van der Waals surface area contributed by atoms with Gasteiger partial charge in [-0.1, -0.05) is 0 Å². The molecule has 0 atom stereocenters. The maximum absolute atomic E-state index is 8.18. The number of nitrogen functional groups attached to an aromatic ring is 1. The Kier molecular flexibility index (Phi) is 4.01. The third kappa shape index (κ3) is 2.87. The summed E-state index contributed by atoms with van der Waals surface area (Å²) in [6.07, 6.45) is 0. The second kappa shape index (κ2) is 4.53. The summed E-state index contributed by atoms with van der Waals surface area (Å²) >= 11 is 0. The Morgan fingerprint density at radius 2 is 1.82 bits per heavy atom. The zero-order valence-corrected chi connectivity index (χ0v) is 6.62. The molecule has 0 aromatic heterocycles. The van der Waals surface area contributed by atoms with Crippen LogP contribution in [-0.4, -0.2) is 0 Å². The van der Waals surface area contributed by atoms with Gasteiger partial charge in [0.2, 0.25) is 5.39 Å². The molecule has 0 aliphatic heterocycles. The first-order chi connectivity index (χ1) is 4.83. The maximum atomic E-state index is 8.18. The van der Waals surface area contributed by atoms with Gasteiger partial charge in [-0.05, 0) is 24.3 Å². The number of benzene rings is 1. The first-order valence-corrected chi connectivity index (χ1v) is 2.98. The van der Waals surface area contributed by atoms with Crippen molar-refractivity contribution in [1.82, 2.24) is 0 Å². The van der Waals surface area contributed by atoms with E-state index in [1.165, 1.54) is 0 Å². The molecule has 1 aromatic carbocycles. The molecular weight excluding hydrogens is 162 g/mol. The number of diazo groups is 1. The highest BCUT2D eigenvalue weighted by molar-refractivity contribution is 5.39. The molecule has 4 heteroatoms. The van der Waals surface area contributed by atoms with E-state index in [-0.39, 0.29) is 12.4 Å². The van der Waals surface area contributed by atoms with Gasteiger partial charge in [0.25, 0.3) is 0 Å². The highest BCUT2D eigenvalue weighted by atomic mass is 35.5. The normalized spacial score (nSPS) is 7.91. The van der Waals surface area contributed by atoms with Gasteiger partial charge < -0.3 is 18.1 Å². The highest BCUT2D eigenvalue weighted by Crippen LogP contribution is 2.05. The Morgan fingerprint density at radius 3 is 2.27 bits per heavy atom. The quantitative estimate of drug-likeness (QED) is 0.417. The lowest BCUT2D eigenvalue weighted by atomic mass is 10.2. The monoisotopic (exact) mass is 169 g/mol. The second-order valence-corrected chi connectivity index (χ2v) is 2.04. The van der Waals surface area contributed by atoms with Gasteiger partial charge in [-0.25, -0.2) is 0 Å². The fourth-order valence-corrected chi connectivity index (χ4v) is 0.705. The summed E-state index contributed by atoms with van der Waals surface area (Å²) in [5.74, 6) is 0. The van der Waals surface area contributed by atoms with E-state index >= 15 is 0 Å². The van der Waals surface area contributed by atoms with E-state index in [0.717, 1.165) is 11.3 Å². The van der Waals surface area contributed by atoms with Gasteiger partial charge >= 0.3 is 6.54 Å². The second-order valence-electron chi connectivity index (χ2n) is 2.04. The van der Waals surface area contributed by atoms with E-state index < -0.39 is 0 Å². The third-order valence-electron chi connectivity index (χ3n) is 1.23. The van der Waals surface area contributed by atoms with Crippen LogP contribution in [-0.2, 0) is 6.54 Å². The van der Waals surface area contributed by atoms with Gasteiger partial charge in [-0.15, -0.1) is 0 Å². The maximum Gasteiger partial charge on any atom is 0.330 e. The predicted molar refractivity (Wildman–Crippen MR) is 39.6 cm³/mol. The fraction of sp³-hybridized carbons (Fsp3) is 0.143. The molecule has 0 aliphatic carbocycles. The smallest absolute Gasteiger partial charge is 0.330 e. The van der Waals surface area contributed by atoms with Gasteiger partial charge in [0, 0.05) is 11.3 Å². The SMILES string of the molecule is N#[N+]Cc1ccc(N)cc1.[Cl-]. The first-order valence-electron chi connectivity index (χ1n) is 2.98. The minimum atomic E-state index is 0. The van der Waals surface area contributed by atoms with Crippen molar-refractivity contribution in [3.63, 3.8) is 0 Å². The zero-order valence-electron chi connectivity index (χ0n) is 5.87. The molecule has 0 radical (unpaired) electrons. The average molecular weight is 170 g/mol. The number of nitrogens with zero attached hydrogens (tertiary/aromatic N) is 2. The molecule has 11 heavy (non-hydrogen) atoms. The van der Waals surface area contributed by atoms with Crippen LogP contribution in [0.1, 0.15) is 5.56 Å². The van der Waals surface area contributed by atoms with Gasteiger partial charge in [0.05, 0.1) is 0 Å². The summed E-state index contributed by atoms with van der Waals surface area (Å²) < 4.78 is 0. The molecule has 3 nitrogen and oxygen atoms in total. The van der Waals surface area contributed by atoms with Crippen LogP contribution in [0.3, 0.4) is 0 Å². The molecule has 0 unspecified atom stereocenters. The molecular formula is C7H8ClN3. The Labute approximate surface area is 71.2 Å². The summed E-state index contributed by atoms with van der Waals surface area (Å²) in [7, 11) is 0. The lowest BCUT2D eigenvalue weighted by Crippen LogP contribution is -3.00. The molecule has 0 saturated heterocycles. The topological polar surface area (TPSA) is 54.2 Å². The number of hydrogen-bond donors (Lipinski definition) is 1. The van der Waals surface area contributed by atoms with E-state index in [9.17, 15) is 0 Å². The number of halogens is 1. The molecule has 1 aromatic rings. The zero-order chi connectivity index (χ0) is 7.40. The van der Waals surface area contributed by atoms with Crippen molar-refractivity contribution in [2.45, 2.75) is 6.54 Å². The molecule has 58 valence electrons. The van der Waals surface area contributed by atoms with Crippen LogP contribution in [0.4, 0.5) is 5.69 Å². The van der Waals surface area contributed by atoms with Crippen LogP contribution in [0, 0.1) is 5.39 Å². The van der Waals surface area contributed by atoms with Crippen LogP contribution in [0.25, 0.3) is 4.98 Å². The Bertz CT molecular complexity index is 249. The summed E-state index contributed by atoms with van der Waals surface area (Å²) in [5, 5.41) is 8.18. The van der Waals surface area contributed by atoms with Crippen molar-refractivity contribution in [3.8, 4) is 0 Å². The van der Waals surface area contributed by atoms with E-state index in [1.54, 1.807) is 12.1 Å². The van der Waals surface area contributed by atoms with E-state index in [0.29, 0.717) is 6.54 Å². The number of hydrogen-bond acceptors (Lipinski definition) is 2. The molecule has 2 N–H and O–H groups in total. The van der Waals surface area contributed by atoms with Crippen molar-refractivity contribution < 1.29 is 12.4 Å². The van der Waals surface area contributed by atoms with Gasteiger partial charge in [0.1, 0.15) is 4.98 Å². The Hall–Kier alpha value is -1.27. The molecule has 1 rings (SSSR count). The minimum absolute atomic E-state index is 0. The largest absolute Gasteiger partial charge is 1.00 e. The van der Waals surface area contributed by atoms with Gasteiger partial charge in [-0.2, -0.15) is 0 Å². The predicted octanol–water partition coefficient (Wildman–Crippen LogP) is -1.37. The Morgan fingerprint density at radius 1 is 1.27 bits per heavy atom. The lowest BCUT2D eigenvalue weighted by molar-refractivity contribution is -0.00000236. The van der Waals surface area contributed by atoms with Crippen molar-refractivity contribution in [3.05, 3.63) is 34.8 Å². The van der Waals surface area contributed by atoms with E-state index in [1.807, 2.05) is 12.1 Å².